The van der Waals surface area contributed by atoms with Gasteiger partial charge in [0.25, 0.3) is 0 Å². The molecule has 0 atom stereocenters. The maximum absolute atomic E-state index is 10.9. The van der Waals surface area contributed by atoms with Gasteiger partial charge in [-0.1, -0.05) is 23.5 Å². The van der Waals surface area contributed by atoms with E-state index in [1.54, 1.807) is 18.8 Å². The van der Waals surface area contributed by atoms with Crippen molar-refractivity contribution in [2.24, 2.45) is 0 Å². The van der Waals surface area contributed by atoms with Crippen LogP contribution in [0.25, 0.3) is 0 Å². The minimum Gasteiger partial charge on any atom is -0.359 e. The van der Waals surface area contributed by atoms with Gasteiger partial charge < -0.3 is 5.32 Å². The highest BCUT2D eigenvalue weighted by Crippen LogP contribution is 2.23. The van der Waals surface area contributed by atoms with Crippen LogP contribution in [0.4, 0.5) is 0 Å². The van der Waals surface area contributed by atoms with Crippen molar-refractivity contribution in [1.82, 2.24) is 14.7 Å². The van der Waals surface area contributed by atoms with Crippen LogP contribution >= 0.6 is 35.1 Å². The Morgan fingerprint density at radius 3 is 3.00 bits per heavy atom. The van der Waals surface area contributed by atoms with Crippen molar-refractivity contribution >= 4 is 41.0 Å². The number of amides is 1. The van der Waals surface area contributed by atoms with E-state index in [0.717, 1.165) is 15.2 Å². The van der Waals surface area contributed by atoms with Gasteiger partial charge in [-0.2, -0.15) is 4.37 Å². The van der Waals surface area contributed by atoms with Crippen LogP contribution in [-0.2, 0) is 4.79 Å². The number of hydrogen-bond donors (Lipinski definition) is 1. The molecule has 0 aromatic carbocycles. The maximum atomic E-state index is 10.9. The molecule has 0 saturated carbocycles. The summed E-state index contributed by atoms with van der Waals surface area (Å²) < 4.78 is 5.05. The Bertz CT molecular complexity index is 302. The van der Waals surface area contributed by atoms with Gasteiger partial charge in [0.2, 0.25) is 11.1 Å². The Balaban J connectivity index is 2.27. The van der Waals surface area contributed by atoms with Gasteiger partial charge in [0.05, 0.1) is 0 Å². The summed E-state index contributed by atoms with van der Waals surface area (Å²) in [7, 11) is 1.64. The zero-order valence-corrected chi connectivity index (χ0v) is 10.4. The molecule has 1 amide bonds. The normalized spacial score (nSPS) is 10.1. The highest BCUT2D eigenvalue weighted by atomic mass is 32.2. The van der Waals surface area contributed by atoms with Gasteiger partial charge >= 0.3 is 0 Å². The average molecular weight is 249 g/mol. The van der Waals surface area contributed by atoms with E-state index in [0.29, 0.717) is 6.42 Å². The van der Waals surface area contributed by atoms with Gasteiger partial charge in [-0.05, 0) is 17.8 Å². The average Bonchev–Trinajstić information content (AvgIpc) is 2.65. The minimum absolute atomic E-state index is 0.0621. The van der Waals surface area contributed by atoms with Crippen molar-refractivity contribution in [3.05, 3.63) is 0 Å². The summed E-state index contributed by atoms with van der Waals surface area (Å²) in [6, 6.07) is 0. The second-order valence-electron chi connectivity index (χ2n) is 2.32. The Hall–Kier alpha value is -0.270. The summed E-state index contributed by atoms with van der Waals surface area (Å²) in [5.74, 6) is 0.815. The lowest BCUT2D eigenvalue weighted by Gasteiger charge is -1.96. The monoisotopic (exact) mass is 249 g/mol. The standard InChI is InChI=1S/C7H11N3OS3/c1-8-5(11)3-4-13-7-9-6(12-2)10-14-7/h3-4H2,1-2H3,(H,8,11). The topological polar surface area (TPSA) is 54.9 Å². The predicted molar refractivity (Wildman–Crippen MR) is 61.1 cm³/mol. The molecule has 1 N–H and O–H groups in total. The summed E-state index contributed by atoms with van der Waals surface area (Å²) in [5, 5.41) is 3.38. The van der Waals surface area contributed by atoms with Crippen LogP contribution in [0.15, 0.2) is 9.50 Å². The van der Waals surface area contributed by atoms with Crippen molar-refractivity contribution in [2.45, 2.75) is 15.9 Å². The van der Waals surface area contributed by atoms with E-state index in [1.165, 1.54) is 23.3 Å². The summed E-state index contributed by atoms with van der Waals surface area (Å²) in [6.45, 7) is 0. The lowest BCUT2D eigenvalue weighted by atomic mass is 10.5. The Morgan fingerprint density at radius 2 is 2.43 bits per heavy atom. The molecule has 4 nitrogen and oxygen atoms in total. The van der Waals surface area contributed by atoms with Crippen LogP contribution in [0.3, 0.4) is 0 Å². The van der Waals surface area contributed by atoms with E-state index in [9.17, 15) is 4.79 Å². The fourth-order valence-corrected chi connectivity index (χ4v) is 2.91. The predicted octanol–water partition coefficient (Wildman–Crippen LogP) is 1.49. The number of rotatable bonds is 5. The largest absolute Gasteiger partial charge is 0.359 e. The molecule has 7 heteroatoms. The second-order valence-corrected chi connectivity index (χ2v) is 5.19. The molecule has 1 aromatic rings. The molecule has 0 aliphatic rings. The fraction of sp³-hybridized carbons (Fsp3) is 0.571. The number of thioether (sulfide) groups is 2. The third-order valence-corrected chi connectivity index (χ3v) is 3.90. The number of aromatic nitrogens is 2. The Morgan fingerprint density at radius 1 is 1.64 bits per heavy atom. The number of hydrogen-bond acceptors (Lipinski definition) is 6. The van der Waals surface area contributed by atoms with Gasteiger partial charge in [-0.3, -0.25) is 4.79 Å². The zero-order valence-electron chi connectivity index (χ0n) is 7.94. The molecule has 1 rings (SSSR count). The van der Waals surface area contributed by atoms with Crippen LogP contribution in [-0.4, -0.2) is 34.3 Å². The highest BCUT2D eigenvalue weighted by molar-refractivity contribution is 8.01. The zero-order chi connectivity index (χ0) is 10.4. The first-order valence-electron chi connectivity index (χ1n) is 3.97. The summed E-state index contributed by atoms with van der Waals surface area (Å²) in [4.78, 5) is 15.2. The summed E-state index contributed by atoms with van der Waals surface area (Å²) in [5.41, 5.74) is 0. The lowest BCUT2D eigenvalue weighted by molar-refractivity contribution is -0.120. The van der Waals surface area contributed by atoms with E-state index < -0.39 is 0 Å². The number of nitrogens with one attached hydrogen (secondary N) is 1. The molecule has 1 heterocycles. The molecular weight excluding hydrogens is 238 g/mol. The maximum Gasteiger partial charge on any atom is 0.220 e. The van der Waals surface area contributed by atoms with Gasteiger partial charge in [-0.25, -0.2) is 4.98 Å². The first-order chi connectivity index (χ1) is 6.76. The van der Waals surface area contributed by atoms with E-state index in [-0.39, 0.29) is 5.91 Å². The van der Waals surface area contributed by atoms with Crippen molar-refractivity contribution in [2.75, 3.05) is 19.1 Å². The summed E-state index contributed by atoms with van der Waals surface area (Å²) >= 11 is 4.48. The lowest BCUT2D eigenvalue weighted by Crippen LogP contribution is -2.17. The Labute approximate surface area is 95.4 Å². The molecular formula is C7H11N3OS3. The highest BCUT2D eigenvalue weighted by Gasteiger charge is 2.04. The van der Waals surface area contributed by atoms with Crippen molar-refractivity contribution in [1.29, 1.82) is 0 Å². The van der Waals surface area contributed by atoms with Crippen molar-refractivity contribution in [3.63, 3.8) is 0 Å². The van der Waals surface area contributed by atoms with Crippen LogP contribution in [0, 0.1) is 0 Å². The first kappa shape index (κ1) is 11.8. The van der Waals surface area contributed by atoms with Gasteiger partial charge in [-0.15, -0.1) is 0 Å². The van der Waals surface area contributed by atoms with E-state index >= 15 is 0 Å². The van der Waals surface area contributed by atoms with E-state index in [4.69, 9.17) is 0 Å². The van der Waals surface area contributed by atoms with E-state index in [2.05, 4.69) is 14.7 Å². The van der Waals surface area contributed by atoms with Gasteiger partial charge in [0, 0.05) is 19.2 Å². The molecule has 0 saturated heterocycles. The number of nitrogens with zero attached hydrogens (tertiary/aromatic N) is 2. The van der Waals surface area contributed by atoms with Gasteiger partial charge in [0.1, 0.15) is 0 Å². The molecule has 78 valence electrons. The van der Waals surface area contributed by atoms with E-state index in [1.807, 2.05) is 6.26 Å². The first-order valence-corrected chi connectivity index (χ1v) is 6.95. The molecule has 0 bridgehead atoms. The molecule has 0 spiro atoms. The van der Waals surface area contributed by atoms with Crippen LogP contribution in [0.1, 0.15) is 6.42 Å². The molecule has 0 aliphatic carbocycles. The minimum atomic E-state index is 0.0621. The second kappa shape index (κ2) is 6.26. The quantitative estimate of drug-likeness (QED) is 0.801. The van der Waals surface area contributed by atoms with Crippen molar-refractivity contribution in [3.8, 4) is 0 Å². The van der Waals surface area contributed by atoms with Gasteiger partial charge in [0.15, 0.2) is 4.34 Å². The Kier molecular flexibility index (Phi) is 5.28. The SMILES string of the molecule is CNC(=O)CCSc1nc(SC)ns1. The molecule has 0 aliphatic heterocycles. The summed E-state index contributed by atoms with van der Waals surface area (Å²) in [6.07, 6.45) is 2.47. The smallest absolute Gasteiger partial charge is 0.220 e. The number of carbonyl (C=O) groups excluding carboxylic acids is 1. The molecule has 0 fully saturated rings. The third-order valence-electron chi connectivity index (χ3n) is 1.40. The molecule has 0 unspecified atom stereocenters. The molecule has 1 aromatic heterocycles. The third kappa shape index (κ3) is 3.85. The van der Waals surface area contributed by atoms with Crippen LogP contribution in [0.5, 0.6) is 0 Å². The molecule has 0 radical (unpaired) electrons. The van der Waals surface area contributed by atoms with Crippen LogP contribution < -0.4 is 5.32 Å². The van der Waals surface area contributed by atoms with Crippen molar-refractivity contribution < 1.29 is 4.79 Å². The fourth-order valence-electron chi connectivity index (χ4n) is 0.695. The number of carbonyl (C=O) groups is 1. The molecule has 14 heavy (non-hydrogen) atoms. The van der Waals surface area contributed by atoms with Crippen LogP contribution in [0.2, 0.25) is 0 Å².